The molecule has 5 heteroatoms. The van der Waals surface area contributed by atoms with Gasteiger partial charge in [0, 0.05) is 25.4 Å². The van der Waals surface area contributed by atoms with Crippen molar-refractivity contribution in [2.24, 2.45) is 0 Å². The Hall–Kier alpha value is -1.88. The zero-order valence-corrected chi connectivity index (χ0v) is 13.3. The van der Waals surface area contributed by atoms with Crippen LogP contribution in [-0.4, -0.2) is 29.8 Å². The van der Waals surface area contributed by atoms with Gasteiger partial charge < -0.3 is 14.6 Å². The third-order valence-corrected chi connectivity index (χ3v) is 4.24. The van der Waals surface area contributed by atoms with Crippen LogP contribution in [-0.2, 0) is 25.7 Å². The van der Waals surface area contributed by atoms with Gasteiger partial charge in [0.05, 0.1) is 7.11 Å². The number of hydrogen-bond acceptors (Lipinski definition) is 5. The van der Waals surface area contributed by atoms with Gasteiger partial charge >= 0.3 is 0 Å². The molecule has 0 amide bonds. The predicted molar refractivity (Wildman–Crippen MR) is 84.2 cm³/mol. The highest BCUT2D eigenvalue weighted by molar-refractivity contribution is 5.37. The Balaban J connectivity index is 1.51. The lowest BCUT2D eigenvalue weighted by molar-refractivity contribution is 0.375. The van der Waals surface area contributed by atoms with E-state index in [1.165, 1.54) is 17.5 Å². The van der Waals surface area contributed by atoms with Gasteiger partial charge in [0.1, 0.15) is 5.75 Å². The maximum atomic E-state index is 5.32. The second-order valence-corrected chi connectivity index (χ2v) is 5.74. The van der Waals surface area contributed by atoms with E-state index in [1.54, 1.807) is 7.11 Å². The summed E-state index contributed by atoms with van der Waals surface area (Å²) in [5.74, 6) is 2.45. The molecule has 0 saturated carbocycles. The quantitative estimate of drug-likeness (QED) is 0.887. The molecule has 1 aromatic carbocycles. The SMILES string of the molecule is CCc1nc(CCN[C@H]2CCc3ccc(OC)cc3C2)no1. The number of ether oxygens (including phenoxy) is 1. The van der Waals surface area contributed by atoms with E-state index in [0.29, 0.717) is 11.9 Å². The molecule has 118 valence electrons. The van der Waals surface area contributed by atoms with E-state index in [-0.39, 0.29) is 0 Å². The Labute approximate surface area is 131 Å². The van der Waals surface area contributed by atoms with Crippen molar-refractivity contribution in [1.29, 1.82) is 0 Å². The number of methoxy groups -OCH3 is 1. The molecule has 2 aromatic rings. The minimum Gasteiger partial charge on any atom is -0.497 e. The molecule has 1 aliphatic rings. The number of aromatic nitrogens is 2. The number of aryl methyl sites for hydroxylation is 2. The predicted octanol–water partition coefficient (Wildman–Crippen LogP) is 2.33. The molecule has 0 aliphatic heterocycles. The molecule has 1 atom stereocenters. The number of nitrogens with one attached hydrogen (secondary N) is 1. The molecule has 1 heterocycles. The van der Waals surface area contributed by atoms with Crippen LogP contribution in [0.25, 0.3) is 0 Å². The van der Waals surface area contributed by atoms with Crippen molar-refractivity contribution in [2.75, 3.05) is 13.7 Å². The summed E-state index contributed by atoms with van der Waals surface area (Å²) in [5, 5.41) is 7.60. The van der Waals surface area contributed by atoms with Gasteiger partial charge in [0.15, 0.2) is 5.82 Å². The molecule has 1 N–H and O–H groups in total. The molecule has 0 saturated heterocycles. The number of fused-ring (bicyclic) bond motifs is 1. The smallest absolute Gasteiger partial charge is 0.226 e. The van der Waals surface area contributed by atoms with Crippen molar-refractivity contribution < 1.29 is 9.26 Å². The van der Waals surface area contributed by atoms with Crippen LogP contribution < -0.4 is 10.1 Å². The van der Waals surface area contributed by atoms with Gasteiger partial charge in [-0.05, 0) is 42.5 Å². The Morgan fingerprint density at radius 2 is 2.27 bits per heavy atom. The zero-order chi connectivity index (χ0) is 15.4. The van der Waals surface area contributed by atoms with Crippen LogP contribution >= 0.6 is 0 Å². The van der Waals surface area contributed by atoms with E-state index in [1.807, 2.05) is 13.0 Å². The van der Waals surface area contributed by atoms with E-state index in [4.69, 9.17) is 9.26 Å². The van der Waals surface area contributed by atoms with Crippen LogP contribution in [0.4, 0.5) is 0 Å². The molecule has 3 rings (SSSR count). The van der Waals surface area contributed by atoms with Crippen LogP contribution in [0.1, 0.15) is 36.2 Å². The van der Waals surface area contributed by atoms with Gasteiger partial charge in [0.25, 0.3) is 0 Å². The minimum atomic E-state index is 0.511. The molecule has 1 aliphatic carbocycles. The lowest BCUT2D eigenvalue weighted by Gasteiger charge is -2.25. The highest BCUT2D eigenvalue weighted by Crippen LogP contribution is 2.25. The third kappa shape index (κ3) is 3.47. The average Bonchev–Trinajstić information content (AvgIpc) is 3.02. The summed E-state index contributed by atoms with van der Waals surface area (Å²) in [6, 6.07) is 6.91. The van der Waals surface area contributed by atoms with Crippen molar-refractivity contribution in [2.45, 2.75) is 45.1 Å². The molecule has 0 bridgehead atoms. The minimum absolute atomic E-state index is 0.511. The third-order valence-electron chi connectivity index (χ3n) is 4.24. The zero-order valence-electron chi connectivity index (χ0n) is 13.3. The highest BCUT2D eigenvalue weighted by atomic mass is 16.5. The van der Waals surface area contributed by atoms with Crippen molar-refractivity contribution in [3.05, 3.63) is 41.0 Å². The largest absolute Gasteiger partial charge is 0.497 e. The first kappa shape index (κ1) is 15.0. The van der Waals surface area contributed by atoms with Crippen LogP contribution in [0.15, 0.2) is 22.7 Å². The van der Waals surface area contributed by atoms with Crippen LogP contribution in [0.5, 0.6) is 5.75 Å². The normalized spacial score (nSPS) is 17.3. The van der Waals surface area contributed by atoms with Crippen molar-refractivity contribution in [3.8, 4) is 5.75 Å². The summed E-state index contributed by atoms with van der Waals surface area (Å²) in [4.78, 5) is 4.34. The van der Waals surface area contributed by atoms with Crippen LogP contribution in [0, 0.1) is 0 Å². The van der Waals surface area contributed by atoms with Crippen LogP contribution in [0.3, 0.4) is 0 Å². The first-order valence-corrected chi connectivity index (χ1v) is 7.99. The Bertz CT molecular complexity index is 624. The van der Waals surface area contributed by atoms with Crippen LogP contribution in [0.2, 0.25) is 0 Å². The molecule has 5 nitrogen and oxygen atoms in total. The van der Waals surface area contributed by atoms with E-state index < -0.39 is 0 Å². The van der Waals surface area contributed by atoms with E-state index >= 15 is 0 Å². The van der Waals surface area contributed by atoms with Gasteiger partial charge in [-0.15, -0.1) is 0 Å². The van der Waals surface area contributed by atoms with E-state index in [0.717, 1.165) is 43.8 Å². The molecule has 0 spiro atoms. The Morgan fingerprint density at radius 1 is 1.36 bits per heavy atom. The molecule has 0 radical (unpaired) electrons. The first-order chi connectivity index (χ1) is 10.8. The van der Waals surface area contributed by atoms with Gasteiger partial charge in [-0.25, -0.2) is 0 Å². The second-order valence-electron chi connectivity index (χ2n) is 5.74. The van der Waals surface area contributed by atoms with Gasteiger partial charge in [-0.2, -0.15) is 4.98 Å². The summed E-state index contributed by atoms with van der Waals surface area (Å²) in [6.07, 6.45) is 4.95. The second kappa shape index (κ2) is 6.92. The molecule has 22 heavy (non-hydrogen) atoms. The standard InChI is InChI=1S/C17H23N3O2/c1-3-17-19-16(20-22-17)8-9-18-14-6-4-12-5-7-15(21-2)11-13(12)10-14/h5,7,11,14,18H,3-4,6,8-10H2,1-2H3/t14-/m0/s1. The average molecular weight is 301 g/mol. The number of nitrogens with zero attached hydrogens (tertiary/aromatic N) is 2. The summed E-state index contributed by atoms with van der Waals surface area (Å²) in [6.45, 7) is 2.90. The first-order valence-electron chi connectivity index (χ1n) is 7.99. The van der Waals surface area contributed by atoms with Gasteiger partial charge in [-0.1, -0.05) is 18.1 Å². The van der Waals surface area contributed by atoms with Crippen molar-refractivity contribution in [1.82, 2.24) is 15.5 Å². The molecule has 0 unspecified atom stereocenters. The van der Waals surface area contributed by atoms with Gasteiger partial charge in [-0.3, -0.25) is 0 Å². The lowest BCUT2D eigenvalue weighted by atomic mass is 9.88. The molecule has 1 aromatic heterocycles. The number of benzene rings is 1. The molecular formula is C17H23N3O2. The number of rotatable bonds is 6. The Morgan fingerprint density at radius 3 is 3.05 bits per heavy atom. The summed E-state index contributed by atoms with van der Waals surface area (Å²) in [7, 11) is 1.72. The fraction of sp³-hybridized carbons (Fsp3) is 0.529. The Kier molecular flexibility index (Phi) is 4.73. The summed E-state index contributed by atoms with van der Waals surface area (Å²) >= 11 is 0. The van der Waals surface area contributed by atoms with E-state index in [9.17, 15) is 0 Å². The topological polar surface area (TPSA) is 60.2 Å². The summed E-state index contributed by atoms with van der Waals surface area (Å²) < 4.78 is 10.4. The monoisotopic (exact) mass is 301 g/mol. The van der Waals surface area contributed by atoms with Gasteiger partial charge in [0.2, 0.25) is 5.89 Å². The maximum Gasteiger partial charge on any atom is 0.226 e. The van der Waals surface area contributed by atoms with Crippen molar-refractivity contribution >= 4 is 0 Å². The molecule has 0 fully saturated rings. The number of hydrogen-bond donors (Lipinski definition) is 1. The highest BCUT2D eigenvalue weighted by Gasteiger charge is 2.18. The lowest BCUT2D eigenvalue weighted by Crippen LogP contribution is -2.35. The fourth-order valence-electron chi connectivity index (χ4n) is 2.96. The molecular weight excluding hydrogens is 278 g/mol. The fourth-order valence-corrected chi connectivity index (χ4v) is 2.96. The summed E-state index contributed by atoms with van der Waals surface area (Å²) in [5.41, 5.74) is 2.85. The van der Waals surface area contributed by atoms with Crippen molar-refractivity contribution in [3.63, 3.8) is 0 Å². The van der Waals surface area contributed by atoms with E-state index in [2.05, 4.69) is 27.6 Å². The maximum absolute atomic E-state index is 5.32.